The van der Waals surface area contributed by atoms with E-state index in [1.165, 1.54) is 0 Å². The molecule has 88 valence electrons. The zero-order chi connectivity index (χ0) is 11.9. The predicted octanol–water partition coefficient (Wildman–Crippen LogP) is 3.00. The Morgan fingerprint density at radius 3 is 2.62 bits per heavy atom. The quantitative estimate of drug-likeness (QED) is 0.565. The van der Waals surface area contributed by atoms with Gasteiger partial charge in [0.1, 0.15) is 5.75 Å². The second-order valence-corrected chi connectivity index (χ2v) is 4.33. The van der Waals surface area contributed by atoms with E-state index in [1.807, 2.05) is 36.4 Å². The van der Waals surface area contributed by atoms with Crippen LogP contribution in [0.2, 0.25) is 0 Å². The van der Waals surface area contributed by atoms with Crippen LogP contribution >= 0.6 is 0 Å². The molecule has 0 aliphatic carbocycles. The summed E-state index contributed by atoms with van der Waals surface area (Å²) in [5.74, 6) is 0.926. The van der Waals surface area contributed by atoms with Gasteiger partial charge in [0.05, 0.1) is 6.61 Å². The molecule has 0 aliphatic rings. The van der Waals surface area contributed by atoms with Gasteiger partial charge in [0.15, 0.2) is 0 Å². The third kappa shape index (κ3) is 4.07. The van der Waals surface area contributed by atoms with Crippen molar-refractivity contribution in [1.82, 2.24) is 0 Å². The van der Waals surface area contributed by atoms with Crippen molar-refractivity contribution in [2.24, 2.45) is 11.1 Å². The minimum Gasteiger partial charge on any atom is -0.494 e. The Labute approximate surface area is 98.1 Å². The van der Waals surface area contributed by atoms with Gasteiger partial charge in [0.2, 0.25) is 0 Å². The Bertz CT molecular complexity index is 310. The SMILES string of the molecule is C=CC(C)(CN)CCCOc1ccccc1. The molecule has 0 heterocycles. The standard InChI is InChI=1S/C14H21NO/c1-3-14(2,12-15)10-7-11-16-13-8-5-4-6-9-13/h3-6,8-9H,1,7,10-12,15H2,2H3. The molecule has 1 aromatic carbocycles. The van der Waals surface area contributed by atoms with Crippen LogP contribution in [0.1, 0.15) is 19.8 Å². The molecule has 0 saturated heterocycles. The van der Waals surface area contributed by atoms with Crippen LogP contribution in [-0.4, -0.2) is 13.2 Å². The first kappa shape index (κ1) is 12.8. The average molecular weight is 219 g/mol. The van der Waals surface area contributed by atoms with E-state index in [0.717, 1.165) is 25.2 Å². The fraction of sp³-hybridized carbons (Fsp3) is 0.429. The van der Waals surface area contributed by atoms with E-state index in [2.05, 4.69) is 13.5 Å². The maximum absolute atomic E-state index is 5.70. The zero-order valence-electron chi connectivity index (χ0n) is 9.99. The predicted molar refractivity (Wildman–Crippen MR) is 68.5 cm³/mol. The molecule has 1 aromatic rings. The second kappa shape index (κ2) is 6.33. The van der Waals surface area contributed by atoms with Crippen LogP contribution in [0, 0.1) is 5.41 Å². The Morgan fingerprint density at radius 2 is 2.06 bits per heavy atom. The molecular weight excluding hydrogens is 198 g/mol. The molecule has 2 N–H and O–H groups in total. The molecule has 0 aliphatic heterocycles. The number of benzene rings is 1. The number of hydrogen-bond acceptors (Lipinski definition) is 2. The summed E-state index contributed by atoms with van der Waals surface area (Å²) in [6.45, 7) is 7.32. The molecule has 0 saturated carbocycles. The summed E-state index contributed by atoms with van der Waals surface area (Å²) in [6, 6.07) is 9.87. The summed E-state index contributed by atoms with van der Waals surface area (Å²) in [7, 11) is 0. The van der Waals surface area contributed by atoms with Gasteiger partial charge in [-0.3, -0.25) is 0 Å². The van der Waals surface area contributed by atoms with E-state index in [4.69, 9.17) is 10.5 Å². The molecule has 0 bridgehead atoms. The molecule has 0 fully saturated rings. The van der Waals surface area contributed by atoms with Crippen LogP contribution in [-0.2, 0) is 0 Å². The van der Waals surface area contributed by atoms with Gasteiger partial charge < -0.3 is 10.5 Å². The summed E-state index contributed by atoms with van der Waals surface area (Å²) in [6.07, 6.45) is 3.95. The highest BCUT2D eigenvalue weighted by Gasteiger charge is 2.17. The van der Waals surface area contributed by atoms with Crippen LogP contribution in [0.15, 0.2) is 43.0 Å². The van der Waals surface area contributed by atoms with Gasteiger partial charge in [0.25, 0.3) is 0 Å². The molecule has 1 atom stereocenters. The van der Waals surface area contributed by atoms with E-state index in [1.54, 1.807) is 0 Å². The molecule has 2 heteroatoms. The largest absolute Gasteiger partial charge is 0.494 e. The highest BCUT2D eigenvalue weighted by molar-refractivity contribution is 5.20. The number of rotatable bonds is 7. The third-order valence-electron chi connectivity index (χ3n) is 2.86. The molecule has 1 unspecified atom stereocenters. The third-order valence-corrected chi connectivity index (χ3v) is 2.86. The lowest BCUT2D eigenvalue weighted by Gasteiger charge is -2.23. The smallest absolute Gasteiger partial charge is 0.119 e. The van der Waals surface area contributed by atoms with Crippen molar-refractivity contribution in [2.75, 3.05) is 13.2 Å². The summed E-state index contributed by atoms with van der Waals surface area (Å²) >= 11 is 0. The van der Waals surface area contributed by atoms with E-state index < -0.39 is 0 Å². The summed E-state index contributed by atoms with van der Waals surface area (Å²) in [5, 5.41) is 0. The Balaban J connectivity index is 2.24. The van der Waals surface area contributed by atoms with Crippen LogP contribution in [0.25, 0.3) is 0 Å². The van der Waals surface area contributed by atoms with Crippen molar-refractivity contribution in [3.8, 4) is 5.75 Å². The van der Waals surface area contributed by atoms with E-state index in [-0.39, 0.29) is 5.41 Å². The fourth-order valence-corrected chi connectivity index (χ4v) is 1.47. The Morgan fingerprint density at radius 1 is 1.38 bits per heavy atom. The summed E-state index contributed by atoms with van der Waals surface area (Å²) in [4.78, 5) is 0. The minimum atomic E-state index is 0.0417. The molecule has 1 rings (SSSR count). The maximum Gasteiger partial charge on any atom is 0.119 e. The minimum absolute atomic E-state index is 0.0417. The lowest BCUT2D eigenvalue weighted by atomic mass is 9.86. The first-order valence-corrected chi connectivity index (χ1v) is 5.72. The van der Waals surface area contributed by atoms with Crippen molar-refractivity contribution in [3.05, 3.63) is 43.0 Å². The number of nitrogens with two attached hydrogens (primary N) is 1. The molecule has 0 radical (unpaired) electrons. The van der Waals surface area contributed by atoms with Crippen molar-refractivity contribution < 1.29 is 4.74 Å². The second-order valence-electron chi connectivity index (χ2n) is 4.33. The van der Waals surface area contributed by atoms with Gasteiger partial charge >= 0.3 is 0 Å². The number of hydrogen-bond donors (Lipinski definition) is 1. The molecule has 2 nitrogen and oxygen atoms in total. The van der Waals surface area contributed by atoms with Crippen LogP contribution in [0.3, 0.4) is 0 Å². The van der Waals surface area contributed by atoms with Crippen LogP contribution in [0.5, 0.6) is 5.75 Å². The lowest BCUT2D eigenvalue weighted by molar-refractivity contribution is 0.277. The summed E-state index contributed by atoms with van der Waals surface area (Å²) in [5.41, 5.74) is 5.74. The Hall–Kier alpha value is -1.28. The monoisotopic (exact) mass is 219 g/mol. The molecule has 0 aromatic heterocycles. The Kier molecular flexibility index (Phi) is 5.06. The van der Waals surface area contributed by atoms with Crippen molar-refractivity contribution >= 4 is 0 Å². The highest BCUT2D eigenvalue weighted by atomic mass is 16.5. The van der Waals surface area contributed by atoms with Crippen molar-refractivity contribution in [2.45, 2.75) is 19.8 Å². The van der Waals surface area contributed by atoms with Gasteiger partial charge in [-0.1, -0.05) is 31.2 Å². The van der Waals surface area contributed by atoms with Gasteiger partial charge in [-0.05, 0) is 30.4 Å². The highest BCUT2D eigenvalue weighted by Crippen LogP contribution is 2.22. The van der Waals surface area contributed by atoms with Crippen LogP contribution < -0.4 is 10.5 Å². The normalized spacial score (nSPS) is 14.1. The maximum atomic E-state index is 5.70. The van der Waals surface area contributed by atoms with Gasteiger partial charge in [-0.2, -0.15) is 0 Å². The fourth-order valence-electron chi connectivity index (χ4n) is 1.47. The average Bonchev–Trinajstić information content (AvgIpc) is 2.36. The molecule has 0 spiro atoms. The first-order valence-electron chi connectivity index (χ1n) is 5.72. The molecular formula is C14H21NO. The zero-order valence-corrected chi connectivity index (χ0v) is 9.99. The van der Waals surface area contributed by atoms with Gasteiger partial charge in [-0.25, -0.2) is 0 Å². The summed E-state index contributed by atoms with van der Waals surface area (Å²) < 4.78 is 5.62. The molecule has 16 heavy (non-hydrogen) atoms. The molecule has 0 amide bonds. The number of para-hydroxylation sites is 1. The van der Waals surface area contributed by atoms with Crippen LogP contribution in [0.4, 0.5) is 0 Å². The topological polar surface area (TPSA) is 35.2 Å². The van der Waals surface area contributed by atoms with Gasteiger partial charge in [-0.15, -0.1) is 6.58 Å². The van der Waals surface area contributed by atoms with Crippen molar-refractivity contribution in [1.29, 1.82) is 0 Å². The number of ether oxygens (including phenoxy) is 1. The van der Waals surface area contributed by atoms with E-state index in [0.29, 0.717) is 6.54 Å². The van der Waals surface area contributed by atoms with Crippen molar-refractivity contribution in [3.63, 3.8) is 0 Å². The van der Waals surface area contributed by atoms with Gasteiger partial charge in [0, 0.05) is 6.54 Å². The van der Waals surface area contributed by atoms with E-state index >= 15 is 0 Å². The first-order chi connectivity index (χ1) is 7.70. The lowest BCUT2D eigenvalue weighted by Crippen LogP contribution is -2.25. The van der Waals surface area contributed by atoms with E-state index in [9.17, 15) is 0 Å².